The van der Waals surface area contributed by atoms with Gasteiger partial charge in [-0.1, -0.05) is 18.2 Å². The van der Waals surface area contributed by atoms with Crippen molar-refractivity contribution < 1.29 is 0 Å². The summed E-state index contributed by atoms with van der Waals surface area (Å²) in [5.41, 5.74) is 5.03. The van der Waals surface area contributed by atoms with E-state index in [1.165, 1.54) is 27.6 Å². The van der Waals surface area contributed by atoms with E-state index in [4.69, 9.17) is 0 Å². The zero-order valence-corrected chi connectivity index (χ0v) is 11.0. The summed E-state index contributed by atoms with van der Waals surface area (Å²) in [7, 11) is 0. The number of H-pyrrole nitrogens is 1. The van der Waals surface area contributed by atoms with Crippen molar-refractivity contribution in [2.45, 2.75) is 20.0 Å². The van der Waals surface area contributed by atoms with Gasteiger partial charge < -0.3 is 10.3 Å². The van der Waals surface area contributed by atoms with E-state index in [0.29, 0.717) is 0 Å². The first-order chi connectivity index (χ1) is 9.34. The maximum Gasteiger partial charge on any atom is 0.0457 e. The van der Waals surface area contributed by atoms with Crippen LogP contribution in [0.4, 0.5) is 0 Å². The molecule has 0 unspecified atom stereocenters. The molecule has 0 bridgehead atoms. The van der Waals surface area contributed by atoms with E-state index in [2.05, 4.69) is 52.7 Å². The van der Waals surface area contributed by atoms with E-state index < -0.39 is 0 Å². The third kappa shape index (κ3) is 2.51. The molecule has 3 aromatic rings. The lowest BCUT2D eigenvalue weighted by molar-refractivity contribution is 0.691. The van der Waals surface area contributed by atoms with Crippen LogP contribution < -0.4 is 5.32 Å². The van der Waals surface area contributed by atoms with Gasteiger partial charge in [0, 0.05) is 42.6 Å². The fourth-order valence-corrected chi connectivity index (χ4v) is 2.29. The Labute approximate surface area is 112 Å². The number of nitrogens with zero attached hydrogens (tertiary/aromatic N) is 1. The zero-order chi connectivity index (χ0) is 13.1. The average molecular weight is 251 g/mol. The Hall–Kier alpha value is -2.13. The number of nitrogens with one attached hydrogen (secondary N) is 2. The van der Waals surface area contributed by atoms with Crippen molar-refractivity contribution in [2.24, 2.45) is 0 Å². The van der Waals surface area contributed by atoms with Gasteiger partial charge in [0.1, 0.15) is 0 Å². The minimum atomic E-state index is 0.846. The number of pyridine rings is 1. The molecule has 0 aliphatic heterocycles. The number of para-hydroxylation sites is 1. The minimum absolute atomic E-state index is 0.846. The summed E-state index contributed by atoms with van der Waals surface area (Å²) in [4.78, 5) is 7.46. The van der Waals surface area contributed by atoms with Crippen molar-refractivity contribution in [2.75, 3.05) is 0 Å². The predicted molar refractivity (Wildman–Crippen MR) is 77.8 cm³/mol. The Morgan fingerprint density at radius 3 is 2.84 bits per heavy atom. The molecule has 2 N–H and O–H groups in total. The number of aromatic nitrogens is 2. The number of aromatic amines is 1. The summed E-state index contributed by atoms with van der Waals surface area (Å²) in [6.07, 6.45) is 5.84. The Bertz CT molecular complexity index is 685. The molecule has 0 saturated heterocycles. The second-order valence-electron chi connectivity index (χ2n) is 4.77. The lowest BCUT2D eigenvalue weighted by Gasteiger charge is -2.06. The normalized spacial score (nSPS) is 11.0. The summed E-state index contributed by atoms with van der Waals surface area (Å²) < 4.78 is 0. The van der Waals surface area contributed by atoms with Crippen LogP contribution >= 0.6 is 0 Å². The molecule has 3 nitrogen and oxygen atoms in total. The van der Waals surface area contributed by atoms with Crippen molar-refractivity contribution in [3.63, 3.8) is 0 Å². The number of fused-ring (bicyclic) bond motifs is 1. The molecule has 0 saturated carbocycles. The molecule has 1 aromatic carbocycles. The Kier molecular flexibility index (Phi) is 3.29. The van der Waals surface area contributed by atoms with Gasteiger partial charge in [-0.3, -0.25) is 4.98 Å². The highest BCUT2D eigenvalue weighted by Gasteiger charge is 2.03. The number of hydrogen-bond acceptors (Lipinski definition) is 2. The SMILES string of the molecule is Cc1ccncc1CNCc1c[nH]c2ccccc12. The molecule has 2 heterocycles. The van der Waals surface area contributed by atoms with Crippen LogP contribution in [0.5, 0.6) is 0 Å². The maximum absolute atomic E-state index is 4.16. The van der Waals surface area contributed by atoms with E-state index in [-0.39, 0.29) is 0 Å². The van der Waals surface area contributed by atoms with Crippen molar-refractivity contribution in [3.8, 4) is 0 Å². The topological polar surface area (TPSA) is 40.7 Å². The third-order valence-electron chi connectivity index (χ3n) is 3.45. The Balaban J connectivity index is 1.68. The highest BCUT2D eigenvalue weighted by Crippen LogP contribution is 2.17. The lowest BCUT2D eigenvalue weighted by atomic mass is 10.1. The molecule has 96 valence electrons. The first-order valence-electron chi connectivity index (χ1n) is 6.50. The molecule has 0 atom stereocenters. The van der Waals surface area contributed by atoms with Gasteiger partial charge in [-0.2, -0.15) is 0 Å². The van der Waals surface area contributed by atoms with E-state index >= 15 is 0 Å². The van der Waals surface area contributed by atoms with Crippen molar-refractivity contribution in [3.05, 3.63) is 65.6 Å². The van der Waals surface area contributed by atoms with E-state index in [1.54, 1.807) is 0 Å². The van der Waals surface area contributed by atoms with Gasteiger partial charge >= 0.3 is 0 Å². The van der Waals surface area contributed by atoms with Crippen molar-refractivity contribution in [1.82, 2.24) is 15.3 Å². The van der Waals surface area contributed by atoms with Crippen LogP contribution in [0, 0.1) is 6.92 Å². The standard InChI is InChI=1S/C16H17N3/c1-12-6-7-17-8-13(12)9-18-10-14-11-19-16-5-3-2-4-15(14)16/h2-8,11,18-19H,9-10H2,1H3. The highest BCUT2D eigenvalue weighted by atomic mass is 14.9. The molecule has 0 radical (unpaired) electrons. The molecule has 3 rings (SSSR count). The van der Waals surface area contributed by atoms with Gasteiger partial charge in [0.25, 0.3) is 0 Å². The molecule has 0 aliphatic carbocycles. The van der Waals surface area contributed by atoms with E-state index in [0.717, 1.165) is 13.1 Å². The average Bonchev–Trinajstić information content (AvgIpc) is 2.85. The molecule has 0 spiro atoms. The van der Waals surface area contributed by atoms with Gasteiger partial charge in [0.15, 0.2) is 0 Å². The summed E-state index contributed by atoms with van der Waals surface area (Å²) in [5.74, 6) is 0. The van der Waals surface area contributed by atoms with Crippen LogP contribution in [0.3, 0.4) is 0 Å². The van der Waals surface area contributed by atoms with Gasteiger partial charge in [0.05, 0.1) is 0 Å². The third-order valence-corrected chi connectivity index (χ3v) is 3.45. The van der Waals surface area contributed by atoms with Gasteiger partial charge in [-0.05, 0) is 35.7 Å². The van der Waals surface area contributed by atoms with Crippen molar-refractivity contribution in [1.29, 1.82) is 0 Å². The second kappa shape index (κ2) is 5.24. The van der Waals surface area contributed by atoms with Crippen LogP contribution in [0.25, 0.3) is 10.9 Å². The van der Waals surface area contributed by atoms with Crippen molar-refractivity contribution >= 4 is 10.9 Å². The number of aryl methyl sites for hydroxylation is 1. The fraction of sp³-hybridized carbons (Fsp3) is 0.188. The summed E-state index contributed by atoms with van der Waals surface area (Å²) in [5, 5.41) is 4.77. The highest BCUT2D eigenvalue weighted by molar-refractivity contribution is 5.82. The number of rotatable bonds is 4. The molecule has 3 heteroatoms. The van der Waals surface area contributed by atoms with Gasteiger partial charge in [-0.25, -0.2) is 0 Å². The largest absolute Gasteiger partial charge is 0.361 e. The lowest BCUT2D eigenvalue weighted by Crippen LogP contribution is -2.13. The summed E-state index contributed by atoms with van der Waals surface area (Å²) in [6.45, 7) is 3.82. The van der Waals surface area contributed by atoms with Gasteiger partial charge in [0.2, 0.25) is 0 Å². The van der Waals surface area contributed by atoms with Gasteiger partial charge in [-0.15, -0.1) is 0 Å². The summed E-state index contributed by atoms with van der Waals surface area (Å²) in [6, 6.07) is 10.4. The summed E-state index contributed by atoms with van der Waals surface area (Å²) >= 11 is 0. The monoisotopic (exact) mass is 251 g/mol. The molecule has 0 amide bonds. The Morgan fingerprint density at radius 1 is 1.11 bits per heavy atom. The van der Waals surface area contributed by atoms with Crippen LogP contribution in [-0.2, 0) is 13.1 Å². The first kappa shape index (κ1) is 11.9. The number of hydrogen-bond donors (Lipinski definition) is 2. The minimum Gasteiger partial charge on any atom is -0.361 e. The van der Waals surface area contributed by atoms with E-state index in [9.17, 15) is 0 Å². The van der Waals surface area contributed by atoms with E-state index in [1.807, 2.05) is 18.5 Å². The van der Waals surface area contributed by atoms with Crippen LogP contribution in [-0.4, -0.2) is 9.97 Å². The van der Waals surface area contributed by atoms with Crippen LogP contribution in [0.1, 0.15) is 16.7 Å². The van der Waals surface area contributed by atoms with Crippen LogP contribution in [0.15, 0.2) is 48.9 Å². The second-order valence-corrected chi connectivity index (χ2v) is 4.77. The maximum atomic E-state index is 4.16. The predicted octanol–water partition coefficient (Wildman–Crippen LogP) is 3.16. The van der Waals surface area contributed by atoms with Crippen LogP contribution in [0.2, 0.25) is 0 Å². The molecule has 0 fully saturated rings. The fourth-order valence-electron chi connectivity index (χ4n) is 2.29. The molecule has 2 aromatic heterocycles. The Morgan fingerprint density at radius 2 is 1.95 bits per heavy atom. The quantitative estimate of drug-likeness (QED) is 0.747. The zero-order valence-electron chi connectivity index (χ0n) is 11.0. The smallest absolute Gasteiger partial charge is 0.0457 e. The molecular formula is C16H17N3. The molecular weight excluding hydrogens is 234 g/mol. The number of benzene rings is 1. The first-order valence-corrected chi connectivity index (χ1v) is 6.50. The molecule has 19 heavy (non-hydrogen) atoms. The molecule has 0 aliphatic rings.